The SMILES string of the molecule is O=C(CON=C1c2ccccc2-c2ccccc21)Nc1ccc2c(c1)OCO2. The normalized spacial score (nSPS) is 12.9. The van der Waals surface area contributed by atoms with E-state index in [0.29, 0.717) is 17.2 Å². The van der Waals surface area contributed by atoms with E-state index in [-0.39, 0.29) is 19.3 Å². The van der Waals surface area contributed by atoms with Gasteiger partial charge in [0.05, 0.1) is 0 Å². The van der Waals surface area contributed by atoms with Crippen LogP contribution in [0.4, 0.5) is 5.69 Å². The van der Waals surface area contributed by atoms with Gasteiger partial charge in [-0.2, -0.15) is 0 Å². The molecule has 0 saturated heterocycles. The van der Waals surface area contributed by atoms with E-state index in [9.17, 15) is 4.79 Å². The molecule has 0 radical (unpaired) electrons. The van der Waals surface area contributed by atoms with Crippen molar-refractivity contribution in [2.24, 2.45) is 5.16 Å². The van der Waals surface area contributed by atoms with Gasteiger partial charge in [-0.15, -0.1) is 0 Å². The topological polar surface area (TPSA) is 69.2 Å². The second-order valence-corrected chi connectivity index (χ2v) is 6.42. The Morgan fingerprint density at radius 3 is 2.25 bits per heavy atom. The minimum Gasteiger partial charge on any atom is -0.454 e. The molecule has 0 spiro atoms. The molecule has 1 aliphatic heterocycles. The summed E-state index contributed by atoms with van der Waals surface area (Å²) in [4.78, 5) is 17.6. The molecule has 28 heavy (non-hydrogen) atoms. The summed E-state index contributed by atoms with van der Waals surface area (Å²) in [5.74, 6) is 0.972. The van der Waals surface area contributed by atoms with Crippen molar-refractivity contribution < 1.29 is 19.1 Å². The van der Waals surface area contributed by atoms with Crippen LogP contribution in [0.2, 0.25) is 0 Å². The third kappa shape index (κ3) is 2.85. The van der Waals surface area contributed by atoms with Crippen LogP contribution in [-0.2, 0) is 9.63 Å². The number of anilines is 1. The summed E-state index contributed by atoms with van der Waals surface area (Å²) in [7, 11) is 0. The zero-order chi connectivity index (χ0) is 18.9. The highest BCUT2D eigenvalue weighted by molar-refractivity contribution is 6.24. The molecule has 138 valence electrons. The number of ether oxygens (including phenoxy) is 2. The van der Waals surface area contributed by atoms with E-state index in [1.807, 2.05) is 36.4 Å². The smallest absolute Gasteiger partial charge is 0.265 e. The second kappa shape index (κ2) is 6.74. The van der Waals surface area contributed by atoms with Crippen LogP contribution >= 0.6 is 0 Å². The highest BCUT2D eigenvalue weighted by Crippen LogP contribution is 2.36. The molecule has 1 amide bonds. The second-order valence-electron chi connectivity index (χ2n) is 6.42. The molecule has 6 nitrogen and oxygen atoms in total. The maximum Gasteiger partial charge on any atom is 0.265 e. The first-order chi connectivity index (χ1) is 13.8. The zero-order valence-electron chi connectivity index (χ0n) is 14.8. The highest BCUT2D eigenvalue weighted by atomic mass is 16.7. The largest absolute Gasteiger partial charge is 0.454 e. The van der Waals surface area contributed by atoms with Gasteiger partial charge in [0.15, 0.2) is 18.1 Å². The number of amides is 1. The summed E-state index contributed by atoms with van der Waals surface area (Å²) < 4.78 is 10.6. The molecular formula is C22H16N2O4. The lowest BCUT2D eigenvalue weighted by Gasteiger charge is -2.06. The van der Waals surface area contributed by atoms with Crippen LogP contribution in [0, 0.1) is 0 Å². The fraction of sp³-hybridized carbons (Fsp3) is 0.0909. The van der Waals surface area contributed by atoms with E-state index >= 15 is 0 Å². The lowest BCUT2D eigenvalue weighted by atomic mass is 10.1. The molecular weight excluding hydrogens is 356 g/mol. The number of carbonyl (C=O) groups excluding carboxylic acids is 1. The van der Waals surface area contributed by atoms with E-state index in [4.69, 9.17) is 14.3 Å². The Balaban J connectivity index is 1.30. The molecule has 0 bridgehead atoms. The fourth-order valence-corrected chi connectivity index (χ4v) is 3.42. The van der Waals surface area contributed by atoms with Crippen LogP contribution in [0.1, 0.15) is 11.1 Å². The first-order valence-electron chi connectivity index (χ1n) is 8.88. The van der Waals surface area contributed by atoms with E-state index in [2.05, 4.69) is 22.6 Å². The van der Waals surface area contributed by atoms with Gasteiger partial charge in [0.2, 0.25) is 6.79 Å². The maximum absolute atomic E-state index is 12.2. The number of carbonyl (C=O) groups is 1. The zero-order valence-corrected chi connectivity index (χ0v) is 14.8. The molecule has 5 rings (SSSR count). The van der Waals surface area contributed by atoms with Crippen molar-refractivity contribution >= 4 is 17.3 Å². The third-order valence-electron chi connectivity index (χ3n) is 4.66. The molecule has 3 aromatic carbocycles. The third-order valence-corrected chi connectivity index (χ3v) is 4.66. The first kappa shape index (κ1) is 16.4. The molecule has 0 unspecified atom stereocenters. The van der Waals surface area contributed by atoms with Crippen LogP contribution in [-0.4, -0.2) is 25.0 Å². The number of fused-ring (bicyclic) bond motifs is 4. The summed E-state index contributed by atoms with van der Waals surface area (Å²) in [5.41, 5.74) is 5.58. The van der Waals surface area contributed by atoms with Crippen LogP contribution < -0.4 is 14.8 Å². The Morgan fingerprint density at radius 2 is 1.54 bits per heavy atom. The molecule has 0 atom stereocenters. The molecule has 6 heteroatoms. The average molecular weight is 372 g/mol. The van der Waals surface area contributed by atoms with Crippen molar-refractivity contribution in [1.82, 2.24) is 0 Å². The maximum atomic E-state index is 12.2. The minimum absolute atomic E-state index is 0.191. The molecule has 0 aromatic heterocycles. The fourth-order valence-electron chi connectivity index (χ4n) is 3.42. The van der Waals surface area contributed by atoms with Crippen molar-refractivity contribution in [3.8, 4) is 22.6 Å². The Labute approximate surface area is 161 Å². The number of rotatable bonds is 4. The van der Waals surface area contributed by atoms with Crippen molar-refractivity contribution in [2.75, 3.05) is 18.7 Å². The quantitative estimate of drug-likeness (QED) is 0.553. The van der Waals surface area contributed by atoms with Gasteiger partial charge in [-0.3, -0.25) is 4.79 Å². The Kier molecular flexibility index (Phi) is 3.94. The Hall–Kier alpha value is -3.80. The Morgan fingerprint density at radius 1 is 0.893 bits per heavy atom. The lowest BCUT2D eigenvalue weighted by molar-refractivity contribution is -0.120. The summed E-state index contributed by atoms with van der Waals surface area (Å²) in [6.07, 6.45) is 0. The molecule has 1 heterocycles. The number of benzene rings is 3. The monoisotopic (exact) mass is 372 g/mol. The van der Waals surface area contributed by atoms with Crippen LogP contribution in [0.5, 0.6) is 11.5 Å². The number of hydrogen-bond donors (Lipinski definition) is 1. The van der Waals surface area contributed by atoms with Gasteiger partial charge in [-0.1, -0.05) is 53.7 Å². The van der Waals surface area contributed by atoms with Crippen LogP contribution in [0.25, 0.3) is 11.1 Å². The Bertz CT molecular complexity index is 1060. The molecule has 0 fully saturated rings. The van der Waals surface area contributed by atoms with Crippen molar-refractivity contribution in [3.63, 3.8) is 0 Å². The predicted octanol–water partition coefficient (Wildman–Crippen LogP) is 3.80. The molecule has 1 N–H and O–H groups in total. The van der Waals surface area contributed by atoms with Crippen LogP contribution in [0.15, 0.2) is 71.9 Å². The van der Waals surface area contributed by atoms with Crippen molar-refractivity contribution in [3.05, 3.63) is 77.9 Å². The van der Waals surface area contributed by atoms with Gasteiger partial charge in [-0.25, -0.2) is 0 Å². The van der Waals surface area contributed by atoms with Gasteiger partial charge < -0.3 is 19.6 Å². The number of oxime groups is 1. The summed E-state index contributed by atoms with van der Waals surface area (Å²) in [6, 6.07) is 21.3. The number of hydrogen-bond acceptors (Lipinski definition) is 5. The van der Waals surface area contributed by atoms with Crippen molar-refractivity contribution in [2.45, 2.75) is 0 Å². The standard InChI is InChI=1S/C22H16N2O4/c25-21(23-14-9-10-19-20(11-14)27-13-26-19)12-28-24-22-17-7-3-1-5-15(17)16-6-2-4-8-18(16)22/h1-11H,12-13H2,(H,23,25). The average Bonchev–Trinajstić information content (AvgIpc) is 3.31. The van der Waals surface area contributed by atoms with Crippen molar-refractivity contribution in [1.29, 1.82) is 0 Å². The van der Waals surface area contributed by atoms with E-state index in [0.717, 1.165) is 28.0 Å². The number of nitrogens with zero attached hydrogens (tertiary/aromatic N) is 1. The summed E-state index contributed by atoms with van der Waals surface area (Å²) in [5, 5.41) is 7.02. The van der Waals surface area contributed by atoms with Gasteiger partial charge in [0, 0.05) is 22.9 Å². The minimum atomic E-state index is -0.303. The molecule has 1 aliphatic carbocycles. The van der Waals surface area contributed by atoms with E-state index in [1.54, 1.807) is 18.2 Å². The van der Waals surface area contributed by atoms with E-state index < -0.39 is 0 Å². The molecule has 3 aromatic rings. The van der Waals surface area contributed by atoms with Crippen LogP contribution in [0.3, 0.4) is 0 Å². The van der Waals surface area contributed by atoms with Gasteiger partial charge in [0.1, 0.15) is 5.71 Å². The van der Waals surface area contributed by atoms with Gasteiger partial charge >= 0.3 is 0 Å². The summed E-state index contributed by atoms with van der Waals surface area (Å²) >= 11 is 0. The predicted molar refractivity (Wildman–Crippen MR) is 105 cm³/mol. The first-order valence-corrected chi connectivity index (χ1v) is 8.88. The van der Waals surface area contributed by atoms with Gasteiger partial charge in [-0.05, 0) is 23.3 Å². The van der Waals surface area contributed by atoms with E-state index in [1.165, 1.54) is 0 Å². The highest BCUT2D eigenvalue weighted by Gasteiger charge is 2.24. The number of nitrogens with one attached hydrogen (secondary N) is 1. The molecule has 2 aliphatic rings. The van der Waals surface area contributed by atoms with Gasteiger partial charge in [0.25, 0.3) is 5.91 Å². The molecule has 0 saturated carbocycles. The lowest BCUT2D eigenvalue weighted by Crippen LogP contribution is -2.17. The summed E-state index contributed by atoms with van der Waals surface area (Å²) in [6.45, 7) is -0.00143.